The molecule has 396 valence electrons. The lowest BCUT2D eigenvalue weighted by Gasteiger charge is -2.28. The summed E-state index contributed by atoms with van der Waals surface area (Å²) in [6.45, 7) is 15.3. The summed E-state index contributed by atoms with van der Waals surface area (Å²) >= 11 is 0. The van der Waals surface area contributed by atoms with Crippen LogP contribution < -0.4 is 39.2 Å². The van der Waals surface area contributed by atoms with Crippen LogP contribution >= 0.6 is 0 Å². The van der Waals surface area contributed by atoms with Gasteiger partial charge < -0.3 is 53.8 Å². The van der Waals surface area contributed by atoms with E-state index in [2.05, 4.69) is 39.3 Å². The second-order valence-electron chi connectivity index (χ2n) is 21.7. The number of anilines is 3. The van der Waals surface area contributed by atoms with Crippen LogP contribution in [0.2, 0.25) is 51.4 Å². The first-order chi connectivity index (χ1) is 35.4. The van der Waals surface area contributed by atoms with Crippen molar-refractivity contribution in [2.75, 3.05) is 76.8 Å². The molecular formula is C56H73N5O11Si2. The first-order valence-electron chi connectivity index (χ1n) is 25.6. The maximum atomic E-state index is 14.6. The van der Waals surface area contributed by atoms with Gasteiger partial charge in [-0.1, -0.05) is 63.5 Å². The van der Waals surface area contributed by atoms with Crippen LogP contribution in [0.4, 0.5) is 17.1 Å². The molecule has 3 N–H and O–H groups in total. The van der Waals surface area contributed by atoms with Gasteiger partial charge in [-0.05, 0) is 90.0 Å². The van der Waals surface area contributed by atoms with Crippen LogP contribution in [0, 0.1) is 0 Å². The van der Waals surface area contributed by atoms with Crippen molar-refractivity contribution in [1.29, 1.82) is 0 Å². The van der Waals surface area contributed by atoms with Gasteiger partial charge in [0.2, 0.25) is 0 Å². The molecule has 4 aliphatic heterocycles. The highest BCUT2D eigenvalue weighted by atomic mass is 28.3. The van der Waals surface area contributed by atoms with Crippen molar-refractivity contribution in [3.8, 4) is 28.7 Å². The zero-order valence-corrected chi connectivity index (χ0v) is 46.4. The number of unbranched alkanes of at least 4 members (excludes halogenated alkanes) is 2. The predicted octanol–water partition coefficient (Wildman–Crippen LogP) is 9.60. The molecule has 3 atom stereocenters. The lowest BCUT2D eigenvalue weighted by atomic mass is 10.0. The highest BCUT2D eigenvalue weighted by Crippen LogP contribution is 2.47. The number of hydrogen-bond donors (Lipinski definition) is 2. The Bertz CT molecular complexity index is 2740. The maximum absolute atomic E-state index is 14.6. The van der Waals surface area contributed by atoms with E-state index in [1.165, 1.54) is 12.0 Å². The Morgan fingerprint density at radius 3 is 1.68 bits per heavy atom. The van der Waals surface area contributed by atoms with Gasteiger partial charge >= 0.3 is 0 Å². The number of ether oxygens (including phenoxy) is 7. The molecule has 0 aromatic heterocycles. The minimum Gasteiger partial charge on any atom is -0.497 e. The van der Waals surface area contributed by atoms with Crippen molar-refractivity contribution >= 4 is 62.1 Å². The minimum atomic E-state index is -1.42. The predicted molar refractivity (Wildman–Crippen MR) is 293 cm³/mol. The van der Waals surface area contributed by atoms with Gasteiger partial charge in [0.15, 0.2) is 29.2 Å². The number of carbonyl (C=O) groups excluding carboxylic acids is 3. The Kier molecular flexibility index (Phi) is 16.8. The average molecular weight is 1050 g/mol. The van der Waals surface area contributed by atoms with Crippen LogP contribution in [0.5, 0.6) is 28.7 Å². The Hall–Kier alpha value is -6.32. The van der Waals surface area contributed by atoms with Gasteiger partial charge in [-0.3, -0.25) is 24.2 Å². The van der Waals surface area contributed by atoms with E-state index in [9.17, 15) is 19.5 Å². The van der Waals surface area contributed by atoms with Gasteiger partial charge in [0.05, 0.1) is 51.5 Å². The molecule has 1 unspecified atom stereocenters. The third kappa shape index (κ3) is 12.3. The Morgan fingerprint density at radius 1 is 0.595 bits per heavy atom. The summed E-state index contributed by atoms with van der Waals surface area (Å²) in [4.78, 5) is 50.0. The average Bonchev–Trinajstić information content (AvgIpc) is 4.01. The van der Waals surface area contributed by atoms with Gasteiger partial charge in [-0.15, -0.1) is 0 Å². The van der Waals surface area contributed by atoms with E-state index in [0.717, 1.165) is 46.5 Å². The third-order valence-corrected chi connectivity index (χ3v) is 17.3. The monoisotopic (exact) mass is 1050 g/mol. The molecule has 4 aromatic rings. The fourth-order valence-corrected chi connectivity index (χ4v) is 11.0. The van der Waals surface area contributed by atoms with Crippen LogP contribution in [0.15, 0.2) is 85.2 Å². The molecule has 74 heavy (non-hydrogen) atoms. The summed E-state index contributed by atoms with van der Waals surface area (Å²) in [6.07, 6.45) is 5.31. The zero-order valence-electron chi connectivity index (χ0n) is 44.4. The summed E-state index contributed by atoms with van der Waals surface area (Å²) in [5.41, 5.74) is 11.9. The number of nitrogens with zero attached hydrogens (tertiary/aromatic N) is 4. The number of fused-ring (bicyclic) bond motifs is 4. The zero-order chi connectivity index (χ0) is 52.9. The number of nitrogens with two attached hydrogens (primary N) is 1. The lowest BCUT2D eigenvalue weighted by molar-refractivity contribution is -0.126. The molecular weight excluding hydrogens is 975 g/mol. The second kappa shape index (κ2) is 23.1. The standard InChI is InChI=1S/C56H73N5O11Si2/c1-66-42-19-15-38(16-20-42)40-28-48-56(65)61(36-70-24-26-74(7,8)9)46-32-52(50(68-3)30-44(46)54(63)59(48)34-40)72-22-12-10-11-21-71-51-31-45-43(29-49(51)67-2)53(62)58-33-39(37-13-17-41(57)18-14-37)27-47(58)55(64)60(45)35-69-23-25-73(4,5)6/h13-20,29-34,47-48,54,63H,10-12,21-28,35-36,57H2,1-9H3/t47-,48-,54?/m0/s1. The number of benzene rings is 4. The van der Waals surface area contributed by atoms with Crippen molar-refractivity contribution in [3.63, 3.8) is 0 Å². The van der Waals surface area contributed by atoms with E-state index in [1.807, 2.05) is 54.7 Å². The Morgan fingerprint density at radius 2 is 1.11 bits per heavy atom. The largest absolute Gasteiger partial charge is 0.497 e. The topological polar surface area (TPSA) is 175 Å². The minimum absolute atomic E-state index is 0.0180. The van der Waals surface area contributed by atoms with Gasteiger partial charge in [0.25, 0.3) is 17.7 Å². The molecule has 0 fully saturated rings. The molecule has 0 aliphatic carbocycles. The highest BCUT2D eigenvalue weighted by molar-refractivity contribution is 6.76. The molecule has 0 saturated carbocycles. The van der Waals surface area contributed by atoms with Crippen molar-refractivity contribution < 1.29 is 52.6 Å². The number of methoxy groups -OCH3 is 3. The van der Waals surface area contributed by atoms with E-state index >= 15 is 0 Å². The number of aliphatic hydroxyl groups excluding tert-OH is 1. The first kappa shape index (κ1) is 54.0. The summed E-state index contributed by atoms with van der Waals surface area (Å²) < 4.78 is 42.1. The van der Waals surface area contributed by atoms with E-state index in [0.29, 0.717) is 103 Å². The summed E-state index contributed by atoms with van der Waals surface area (Å²) in [5.74, 6) is 1.64. The number of hydrogen-bond acceptors (Lipinski definition) is 13. The van der Waals surface area contributed by atoms with Gasteiger partial charge in [0.1, 0.15) is 31.3 Å². The van der Waals surface area contributed by atoms with Crippen LogP contribution in [-0.2, 0) is 19.1 Å². The summed E-state index contributed by atoms with van der Waals surface area (Å²) in [6, 6.07) is 22.4. The molecule has 16 nitrogen and oxygen atoms in total. The van der Waals surface area contributed by atoms with E-state index in [1.54, 1.807) is 59.4 Å². The molecule has 3 amide bonds. The van der Waals surface area contributed by atoms with Crippen molar-refractivity contribution in [2.24, 2.45) is 0 Å². The highest BCUT2D eigenvalue weighted by Gasteiger charge is 2.45. The molecule has 0 spiro atoms. The first-order valence-corrected chi connectivity index (χ1v) is 33.0. The van der Waals surface area contributed by atoms with Crippen LogP contribution in [-0.4, -0.2) is 122 Å². The fraction of sp³-hybridized carbons (Fsp3) is 0.446. The molecule has 0 saturated heterocycles. The van der Waals surface area contributed by atoms with E-state index in [-0.39, 0.29) is 31.2 Å². The molecule has 18 heteroatoms. The van der Waals surface area contributed by atoms with Gasteiger partial charge in [0, 0.05) is 78.0 Å². The van der Waals surface area contributed by atoms with Crippen LogP contribution in [0.1, 0.15) is 65.4 Å². The number of rotatable bonds is 23. The number of nitrogen functional groups attached to an aromatic ring is 1. The Labute approximate surface area is 437 Å². The molecule has 4 heterocycles. The third-order valence-electron chi connectivity index (χ3n) is 13.9. The molecule has 0 radical (unpaired) electrons. The molecule has 4 aliphatic rings. The van der Waals surface area contributed by atoms with E-state index in [4.69, 9.17) is 38.9 Å². The molecule has 0 bridgehead atoms. The summed E-state index contributed by atoms with van der Waals surface area (Å²) in [7, 11) is 1.87. The van der Waals surface area contributed by atoms with Crippen molar-refractivity contribution in [2.45, 2.75) is 102 Å². The smallest absolute Gasteiger partial charge is 0.260 e. The van der Waals surface area contributed by atoms with Gasteiger partial charge in [-0.2, -0.15) is 0 Å². The number of carbonyl (C=O) groups is 3. The van der Waals surface area contributed by atoms with E-state index < -0.39 is 34.5 Å². The quantitative estimate of drug-likeness (QED) is 0.0409. The molecule has 4 aromatic carbocycles. The van der Waals surface area contributed by atoms with Crippen molar-refractivity contribution in [1.82, 2.24) is 9.80 Å². The normalized spacial score (nSPS) is 18.5. The van der Waals surface area contributed by atoms with Gasteiger partial charge in [-0.25, -0.2) is 0 Å². The second-order valence-corrected chi connectivity index (χ2v) is 32.9. The maximum Gasteiger partial charge on any atom is 0.260 e. The van der Waals surface area contributed by atoms with Crippen molar-refractivity contribution in [3.05, 3.63) is 107 Å². The van der Waals surface area contributed by atoms with Crippen LogP contribution in [0.3, 0.4) is 0 Å². The summed E-state index contributed by atoms with van der Waals surface area (Å²) in [5, 5.41) is 12.0. The Balaban J connectivity index is 0.949. The number of amides is 3. The van der Waals surface area contributed by atoms with Crippen LogP contribution in [0.25, 0.3) is 11.1 Å². The SMILES string of the molecule is COc1ccc(C2=CN3C(O)c4cc(OC)c(OCCCCCOc5cc6c(cc5OC)C(=O)N5C=C(c7ccc(N)cc7)C[C@H]5C(=O)N6COCC[Si](C)(C)C)cc4N(COCC[Si](C)(C)C)C(=O)[C@@H]3C2)cc1. The lowest BCUT2D eigenvalue weighted by Crippen LogP contribution is -2.45. The molecule has 8 rings (SSSR count). The fourth-order valence-electron chi connectivity index (χ4n) is 9.47. The number of aliphatic hydroxyl groups is 1.